The van der Waals surface area contributed by atoms with Gasteiger partial charge in [-0.2, -0.15) is 5.26 Å². The molecule has 0 aliphatic heterocycles. The highest BCUT2D eigenvalue weighted by Gasteiger charge is 2.37. The van der Waals surface area contributed by atoms with Crippen molar-refractivity contribution >= 4 is 5.97 Å². The van der Waals surface area contributed by atoms with E-state index in [1.165, 1.54) is 6.92 Å². The van der Waals surface area contributed by atoms with E-state index < -0.39 is 11.6 Å². The molecule has 0 aromatic heterocycles. The van der Waals surface area contributed by atoms with E-state index in [0.717, 1.165) is 0 Å². The Labute approximate surface area is 94.4 Å². The van der Waals surface area contributed by atoms with Crippen LogP contribution in [-0.2, 0) is 9.53 Å². The zero-order valence-corrected chi connectivity index (χ0v) is 9.27. The van der Waals surface area contributed by atoms with Crippen molar-refractivity contribution in [2.24, 2.45) is 0 Å². The Morgan fingerprint density at radius 2 is 2.06 bits per heavy atom. The smallest absolute Gasteiger partial charge is 0.365 e. The van der Waals surface area contributed by atoms with Crippen molar-refractivity contribution in [3.05, 3.63) is 30.3 Å². The standard InChI is InChI=1S/C12H13NO3/c1-3-15-11(14)12(2,9-13)16-10-7-5-4-6-8-10/h4-8H,3H2,1-2H3. The van der Waals surface area contributed by atoms with Crippen LogP contribution in [0.1, 0.15) is 13.8 Å². The normalized spacial score (nSPS) is 13.3. The lowest BCUT2D eigenvalue weighted by molar-refractivity contribution is -0.155. The molecule has 0 N–H and O–H groups in total. The molecule has 0 spiro atoms. The first-order valence-electron chi connectivity index (χ1n) is 4.95. The van der Waals surface area contributed by atoms with Gasteiger partial charge in [-0.05, 0) is 19.1 Å². The van der Waals surface area contributed by atoms with E-state index in [1.54, 1.807) is 31.2 Å². The average molecular weight is 219 g/mol. The lowest BCUT2D eigenvalue weighted by atomic mass is 10.1. The van der Waals surface area contributed by atoms with Gasteiger partial charge in [-0.1, -0.05) is 18.2 Å². The fraction of sp³-hybridized carbons (Fsp3) is 0.333. The van der Waals surface area contributed by atoms with Crippen LogP contribution in [0.2, 0.25) is 0 Å². The first kappa shape index (κ1) is 12.1. The molecule has 4 nitrogen and oxygen atoms in total. The maximum absolute atomic E-state index is 11.5. The van der Waals surface area contributed by atoms with E-state index in [0.29, 0.717) is 5.75 Å². The minimum Gasteiger partial charge on any atom is -0.462 e. The summed E-state index contributed by atoms with van der Waals surface area (Å²) in [5, 5.41) is 8.97. The number of nitrogens with zero attached hydrogens (tertiary/aromatic N) is 1. The SMILES string of the molecule is CCOC(=O)C(C)(C#N)Oc1ccccc1. The molecular formula is C12H13NO3. The molecular weight excluding hydrogens is 206 g/mol. The Hall–Kier alpha value is -2.02. The van der Waals surface area contributed by atoms with Crippen LogP contribution >= 0.6 is 0 Å². The molecule has 1 atom stereocenters. The molecule has 0 bridgehead atoms. The van der Waals surface area contributed by atoms with E-state index in [4.69, 9.17) is 14.7 Å². The molecule has 1 aromatic rings. The Balaban J connectivity index is 2.83. The number of hydrogen-bond acceptors (Lipinski definition) is 4. The first-order valence-corrected chi connectivity index (χ1v) is 4.95. The van der Waals surface area contributed by atoms with Gasteiger partial charge in [0.15, 0.2) is 0 Å². The van der Waals surface area contributed by atoms with Gasteiger partial charge in [-0.25, -0.2) is 4.79 Å². The third-order valence-electron chi connectivity index (χ3n) is 1.94. The van der Waals surface area contributed by atoms with Crippen LogP contribution in [0.3, 0.4) is 0 Å². The third-order valence-corrected chi connectivity index (χ3v) is 1.94. The second kappa shape index (κ2) is 5.17. The first-order chi connectivity index (χ1) is 7.62. The van der Waals surface area contributed by atoms with Crippen LogP contribution in [0.15, 0.2) is 30.3 Å². The molecule has 0 fully saturated rings. The topological polar surface area (TPSA) is 59.3 Å². The summed E-state index contributed by atoms with van der Waals surface area (Å²) < 4.78 is 10.1. The highest BCUT2D eigenvalue weighted by atomic mass is 16.6. The highest BCUT2D eigenvalue weighted by molar-refractivity contribution is 5.83. The monoisotopic (exact) mass is 219 g/mol. The van der Waals surface area contributed by atoms with Crippen LogP contribution in [-0.4, -0.2) is 18.2 Å². The van der Waals surface area contributed by atoms with Gasteiger partial charge in [0.1, 0.15) is 11.8 Å². The Bertz CT molecular complexity index is 396. The number of nitriles is 1. The summed E-state index contributed by atoms with van der Waals surface area (Å²) >= 11 is 0. The van der Waals surface area contributed by atoms with Crippen LogP contribution < -0.4 is 4.74 Å². The Morgan fingerprint density at radius 3 is 2.56 bits per heavy atom. The minimum absolute atomic E-state index is 0.217. The summed E-state index contributed by atoms with van der Waals surface area (Å²) in [5.74, 6) is -0.221. The van der Waals surface area contributed by atoms with Gasteiger partial charge in [-0.3, -0.25) is 0 Å². The maximum atomic E-state index is 11.5. The maximum Gasteiger partial charge on any atom is 0.365 e. The second-order valence-electron chi connectivity index (χ2n) is 3.28. The average Bonchev–Trinajstić information content (AvgIpc) is 2.30. The molecule has 84 valence electrons. The molecule has 1 unspecified atom stereocenters. The van der Waals surface area contributed by atoms with Crippen molar-refractivity contribution in [2.75, 3.05) is 6.61 Å². The third kappa shape index (κ3) is 2.74. The van der Waals surface area contributed by atoms with E-state index in [9.17, 15) is 4.79 Å². The van der Waals surface area contributed by atoms with Gasteiger partial charge >= 0.3 is 5.97 Å². The second-order valence-corrected chi connectivity index (χ2v) is 3.28. The molecule has 0 heterocycles. The van der Waals surface area contributed by atoms with Crippen molar-refractivity contribution in [3.63, 3.8) is 0 Å². The van der Waals surface area contributed by atoms with Crippen molar-refractivity contribution in [3.8, 4) is 11.8 Å². The van der Waals surface area contributed by atoms with Crippen molar-refractivity contribution in [1.29, 1.82) is 5.26 Å². The molecule has 0 saturated carbocycles. The van der Waals surface area contributed by atoms with Crippen LogP contribution in [0.5, 0.6) is 5.75 Å². The lowest BCUT2D eigenvalue weighted by Gasteiger charge is -2.21. The van der Waals surface area contributed by atoms with Crippen LogP contribution in [0.25, 0.3) is 0 Å². The number of rotatable bonds is 4. The fourth-order valence-corrected chi connectivity index (χ4v) is 1.10. The molecule has 0 aliphatic carbocycles. The van der Waals surface area contributed by atoms with Crippen molar-refractivity contribution in [1.82, 2.24) is 0 Å². The Morgan fingerprint density at radius 1 is 1.44 bits per heavy atom. The molecule has 0 aliphatic rings. The summed E-state index contributed by atoms with van der Waals surface area (Å²) in [6, 6.07) is 10.5. The van der Waals surface area contributed by atoms with E-state index in [2.05, 4.69) is 0 Å². The number of hydrogen-bond donors (Lipinski definition) is 0. The molecule has 16 heavy (non-hydrogen) atoms. The van der Waals surface area contributed by atoms with Gasteiger partial charge in [-0.15, -0.1) is 0 Å². The lowest BCUT2D eigenvalue weighted by Crippen LogP contribution is -2.41. The van der Waals surface area contributed by atoms with E-state index >= 15 is 0 Å². The van der Waals surface area contributed by atoms with Gasteiger partial charge in [0.25, 0.3) is 5.60 Å². The Kier molecular flexibility index (Phi) is 3.90. The number of carbonyl (C=O) groups excluding carboxylic acids is 1. The number of para-hydroxylation sites is 1. The summed E-state index contributed by atoms with van der Waals surface area (Å²) in [4.78, 5) is 11.5. The van der Waals surface area contributed by atoms with Gasteiger partial charge in [0, 0.05) is 6.92 Å². The zero-order valence-electron chi connectivity index (χ0n) is 9.27. The summed E-state index contributed by atoms with van der Waals surface area (Å²) in [7, 11) is 0. The molecule has 1 rings (SSSR count). The van der Waals surface area contributed by atoms with Gasteiger partial charge < -0.3 is 9.47 Å². The molecule has 0 radical (unpaired) electrons. The van der Waals surface area contributed by atoms with Crippen molar-refractivity contribution < 1.29 is 14.3 Å². The number of esters is 1. The number of ether oxygens (including phenoxy) is 2. The van der Waals surface area contributed by atoms with E-state index in [-0.39, 0.29) is 6.61 Å². The van der Waals surface area contributed by atoms with Crippen LogP contribution in [0.4, 0.5) is 0 Å². The van der Waals surface area contributed by atoms with Gasteiger partial charge in [0.05, 0.1) is 6.61 Å². The number of benzene rings is 1. The summed E-state index contributed by atoms with van der Waals surface area (Å²) in [5.41, 5.74) is -1.60. The predicted octanol–water partition coefficient (Wildman–Crippen LogP) is 1.91. The summed E-state index contributed by atoms with van der Waals surface area (Å²) in [6.45, 7) is 3.28. The molecule has 0 amide bonds. The van der Waals surface area contributed by atoms with E-state index in [1.807, 2.05) is 12.1 Å². The van der Waals surface area contributed by atoms with Crippen molar-refractivity contribution in [2.45, 2.75) is 19.4 Å². The predicted molar refractivity (Wildman–Crippen MR) is 57.7 cm³/mol. The largest absolute Gasteiger partial charge is 0.462 e. The highest BCUT2D eigenvalue weighted by Crippen LogP contribution is 2.18. The minimum atomic E-state index is -1.60. The molecule has 1 aromatic carbocycles. The quantitative estimate of drug-likeness (QED) is 0.726. The zero-order chi connectivity index (χ0) is 12.0. The van der Waals surface area contributed by atoms with Gasteiger partial charge in [0.2, 0.25) is 0 Å². The molecule has 4 heteroatoms. The fourth-order valence-electron chi connectivity index (χ4n) is 1.10. The summed E-state index contributed by atoms with van der Waals surface area (Å²) in [6.07, 6.45) is 0. The van der Waals surface area contributed by atoms with Crippen LogP contribution in [0, 0.1) is 11.3 Å². The number of carbonyl (C=O) groups is 1. The molecule has 0 saturated heterocycles.